The minimum Gasteiger partial charge on any atom is -0.341 e. The molecule has 2 rings (SSSR count). The van der Waals surface area contributed by atoms with Gasteiger partial charge < -0.3 is 15.2 Å². The lowest BCUT2D eigenvalue weighted by molar-refractivity contribution is -0.419. The van der Waals surface area contributed by atoms with E-state index in [1.54, 1.807) is 13.0 Å². The quantitative estimate of drug-likeness (QED) is 0.140. The van der Waals surface area contributed by atoms with Gasteiger partial charge in [-0.25, -0.2) is 10.8 Å². The number of amides is 1. The Bertz CT molecular complexity index is 892. The van der Waals surface area contributed by atoms with Crippen LogP contribution in [0.25, 0.3) is 0 Å². The number of hydrazine groups is 1. The van der Waals surface area contributed by atoms with Gasteiger partial charge in [-0.15, -0.1) is 0 Å². The Balaban J connectivity index is 1.83. The SMILES string of the molecule is C=C(/C=C\C(=C/C)[N+](=O)[O-])CCN1CCCCN(C(=O)Cc2ccc(N=CNN)cc2)CC1. The highest BCUT2D eigenvalue weighted by molar-refractivity contribution is 5.79. The van der Waals surface area contributed by atoms with Crippen LogP contribution in [0.1, 0.15) is 31.7 Å². The lowest BCUT2D eigenvalue weighted by Crippen LogP contribution is -2.42. The summed E-state index contributed by atoms with van der Waals surface area (Å²) >= 11 is 0. The fraction of sp³-hybridized carbons (Fsp3) is 0.417. The van der Waals surface area contributed by atoms with Gasteiger partial charge in [0.25, 0.3) is 5.70 Å². The first-order chi connectivity index (χ1) is 15.9. The summed E-state index contributed by atoms with van der Waals surface area (Å²) in [6.45, 7) is 9.72. The summed E-state index contributed by atoms with van der Waals surface area (Å²) in [5.41, 5.74) is 4.99. The van der Waals surface area contributed by atoms with E-state index in [1.165, 1.54) is 18.5 Å². The van der Waals surface area contributed by atoms with Gasteiger partial charge in [0.05, 0.1) is 17.0 Å². The monoisotopic (exact) mass is 454 g/mol. The van der Waals surface area contributed by atoms with Crippen LogP contribution in [0.5, 0.6) is 0 Å². The summed E-state index contributed by atoms with van der Waals surface area (Å²) in [5, 5.41) is 10.9. The fourth-order valence-electron chi connectivity index (χ4n) is 3.55. The van der Waals surface area contributed by atoms with Crippen LogP contribution in [0, 0.1) is 10.1 Å². The number of rotatable bonds is 10. The van der Waals surface area contributed by atoms with Gasteiger partial charge in [-0.3, -0.25) is 14.9 Å². The van der Waals surface area contributed by atoms with Crippen LogP contribution in [-0.4, -0.2) is 59.7 Å². The lowest BCUT2D eigenvalue weighted by Gasteiger charge is -2.31. The van der Waals surface area contributed by atoms with E-state index >= 15 is 0 Å². The van der Waals surface area contributed by atoms with Gasteiger partial charge in [0.15, 0.2) is 0 Å². The summed E-state index contributed by atoms with van der Waals surface area (Å²) in [6, 6.07) is 7.54. The highest BCUT2D eigenvalue weighted by Gasteiger charge is 2.18. The second-order valence-electron chi connectivity index (χ2n) is 7.91. The number of allylic oxidation sites excluding steroid dienone is 3. The van der Waals surface area contributed by atoms with Gasteiger partial charge in [0.2, 0.25) is 5.91 Å². The number of hydrogen-bond donors (Lipinski definition) is 2. The summed E-state index contributed by atoms with van der Waals surface area (Å²) in [5.74, 6) is 5.30. The number of nitro groups is 1. The molecule has 0 atom stereocenters. The molecule has 9 heteroatoms. The third-order valence-corrected chi connectivity index (χ3v) is 5.52. The molecule has 0 aromatic heterocycles. The van der Waals surface area contributed by atoms with Crippen LogP contribution in [0.2, 0.25) is 0 Å². The predicted octanol–water partition coefficient (Wildman–Crippen LogP) is 2.96. The van der Waals surface area contributed by atoms with Crippen molar-refractivity contribution in [1.82, 2.24) is 15.2 Å². The highest BCUT2D eigenvalue weighted by Crippen LogP contribution is 2.15. The number of nitrogens with two attached hydrogens (primary N) is 1. The zero-order chi connectivity index (χ0) is 24.1. The smallest absolute Gasteiger partial charge is 0.265 e. The zero-order valence-electron chi connectivity index (χ0n) is 19.3. The van der Waals surface area contributed by atoms with E-state index in [9.17, 15) is 14.9 Å². The average molecular weight is 455 g/mol. The molecule has 0 aliphatic carbocycles. The first-order valence-corrected chi connectivity index (χ1v) is 11.2. The molecular formula is C24H34N6O3. The molecule has 0 spiro atoms. The summed E-state index contributed by atoms with van der Waals surface area (Å²) < 4.78 is 0. The minimum atomic E-state index is -0.407. The average Bonchev–Trinajstić information content (AvgIpc) is 2.78. The van der Waals surface area contributed by atoms with Crippen molar-refractivity contribution < 1.29 is 9.72 Å². The fourth-order valence-corrected chi connectivity index (χ4v) is 3.55. The molecule has 178 valence electrons. The summed E-state index contributed by atoms with van der Waals surface area (Å²) in [4.78, 5) is 31.7. The van der Waals surface area contributed by atoms with E-state index < -0.39 is 4.92 Å². The number of aliphatic imine (C=N–C) groups is 1. The molecular weight excluding hydrogens is 420 g/mol. The second-order valence-corrected chi connectivity index (χ2v) is 7.91. The van der Waals surface area contributed by atoms with Crippen LogP contribution >= 0.6 is 0 Å². The second kappa shape index (κ2) is 14.0. The van der Waals surface area contributed by atoms with E-state index in [0.717, 1.165) is 62.3 Å². The first-order valence-electron chi connectivity index (χ1n) is 11.2. The molecule has 1 aromatic carbocycles. The van der Waals surface area contributed by atoms with E-state index in [-0.39, 0.29) is 11.6 Å². The molecule has 1 aliphatic heterocycles. The van der Waals surface area contributed by atoms with Crippen molar-refractivity contribution in [2.75, 3.05) is 32.7 Å². The molecule has 3 N–H and O–H groups in total. The molecule has 1 aromatic rings. The Morgan fingerprint density at radius 2 is 1.94 bits per heavy atom. The normalized spacial score (nSPS) is 16.1. The number of benzene rings is 1. The van der Waals surface area contributed by atoms with E-state index in [2.05, 4.69) is 21.9 Å². The molecule has 9 nitrogen and oxygen atoms in total. The van der Waals surface area contributed by atoms with E-state index in [1.807, 2.05) is 29.2 Å². The number of nitrogens with one attached hydrogen (secondary N) is 1. The van der Waals surface area contributed by atoms with E-state index in [4.69, 9.17) is 5.84 Å². The molecule has 0 saturated carbocycles. The van der Waals surface area contributed by atoms with Crippen LogP contribution in [0.4, 0.5) is 5.69 Å². The maximum atomic E-state index is 12.9. The van der Waals surface area contributed by atoms with Gasteiger partial charge in [0.1, 0.15) is 6.34 Å². The largest absolute Gasteiger partial charge is 0.341 e. The Morgan fingerprint density at radius 3 is 2.61 bits per heavy atom. The maximum absolute atomic E-state index is 12.9. The number of carbonyl (C=O) groups excluding carboxylic acids is 1. The molecule has 0 radical (unpaired) electrons. The standard InChI is InChI=1S/C24H34N6O3/c1-3-23(30(32)33)11-6-20(2)12-15-28-13-4-5-14-29(17-16-28)24(31)18-21-7-9-22(10-8-21)26-19-27-25/h3,6-11,19H,2,4-5,12-18,25H2,1H3,(H,26,27)/b11-6-,23-3+. The molecule has 0 unspecified atom stereocenters. The van der Waals surface area contributed by atoms with Crippen LogP contribution in [-0.2, 0) is 11.2 Å². The van der Waals surface area contributed by atoms with Crippen molar-refractivity contribution in [1.29, 1.82) is 0 Å². The van der Waals surface area contributed by atoms with Crippen LogP contribution in [0.3, 0.4) is 0 Å². The van der Waals surface area contributed by atoms with E-state index in [0.29, 0.717) is 13.0 Å². The van der Waals surface area contributed by atoms with Crippen molar-refractivity contribution in [2.24, 2.45) is 10.8 Å². The summed E-state index contributed by atoms with van der Waals surface area (Å²) in [7, 11) is 0. The minimum absolute atomic E-state index is 0.0616. The number of hydrogen-bond acceptors (Lipinski definition) is 6. The van der Waals surface area contributed by atoms with Gasteiger partial charge in [-0.2, -0.15) is 0 Å². The molecule has 1 fully saturated rings. The van der Waals surface area contributed by atoms with Crippen LogP contribution < -0.4 is 11.3 Å². The molecule has 33 heavy (non-hydrogen) atoms. The molecule has 1 heterocycles. The summed E-state index contributed by atoms with van der Waals surface area (Å²) in [6.07, 6.45) is 9.16. The maximum Gasteiger partial charge on any atom is 0.265 e. The Labute approximate surface area is 195 Å². The number of nitrogens with zero attached hydrogens (tertiary/aromatic N) is 4. The van der Waals surface area contributed by atoms with Gasteiger partial charge in [-0.05, 0) is 56.5 Å². The molecule has 1 saturated heterocycles. The predicted molar refractivity (Wildman–Crippen MR) is 132 cm³/mol. The Hall–Kier alpha value is -3.30. The molecule has 1 aliphatic rings. The third-order valence-electron chi connectivity index (χ3n) is 5.52. The van der Waals surface area contributed by atoms with Crippen molar-refractivity contribution in [2.45, 2.75) is 32.6 Å². The Kier molecular flexibility index (Phi) is 11.0. The van der Waals surface area contributed by atoms with Gasteiger partial charge in [-0.1, -0.05) is 30.4 Å². The van der Waals surface area contributed by atoms with Crippen LogP contribution in [0.15, 0.2) is 65.3 Å². The first kappa shape index (κ1) is 26.0. The zero-order valence-corrected chi connectivity index (χ0v) is 19.3. The third kappa shape index (κ3) is 9.38. The van der Waals surface area contributed by atoms with Crippen molar-refractivity contribution in [3.63, 3.8) is 0 Å². The van der Waals surface area contributed by atoms with Crippen molar-refractivity contribution in [3.8, 4) is 0 Å². The van der Waals surface area contributed by atoms with Crippen molar-refractivity contribution >= 4 is 17.9 Å². The number of carbonyl (C=O) groups is 1. The lowest BCUT2D eigenvalue weighted by atomic mass is 10.1. The Morgan fingerprint density at radius 1 is 1.21 bits per heavy atom. The topological polar surface area (TPSA) is 117 Å². The molecule has 1 amide bonds. The molecule has 0 bridgehead atoms. The van der Waals surface area contributed by atoms with Gasteiger partial charge >= 0.3 is 0 Å². The van der Waals surface area contributed by atoms with Gasteiger partial charge in [0, 0.05) is 32.3 Å². The highest BCUT2D eigenvalue weighted by atomic mass is 16.6. The van der Waals surface area contributed by atoms with Crippen molar-refractivity contribution in [3.05, 3.63) is 76.0 Å².